The van der Waals surface area contributed by atoms with Gasteiger partial charge in [0.1, 0.15) is 0 Å². The van der Waals surface area contributed by atoms with Crippen molar-refractivity contribution in [1.82, 2.24) is 4.90 Å². The van der Waals surface area contributed by atoms with E-state index in [0.717, 1.165) is 16.5 Å². The van der Waals surface area contributed by atoms with Crippen molar-refractivity contribution in [2.24, 2.45) is 0 Å². The lowest BCUT2D eigenvalue weighted by molar-refractivity contribution is -0.149. The lowest BCUT2D eigenvalue weighted by atomic mass is 10.0. The van der Waals surface area contributed by atoms with Gasteiger partial charge in [-0.25, -0.2) is 4.79 Å². The van der Waals surface area contributed by atoms with Crippen molar-refractivity contribution in [3.05, 3.63) is 33.8 Å². The second-order valence-electron chi connectivity index (χ2n) is 4.46. The monoisotopic (exact) mass is 327 g/mol. The van der Waals surface area contributed by atoms with Crippen LogP contribution in [0.15, 0.2) is 22.7 Å². The first-order valence-corrected chi connectivity index (χ1v) is 6.93. The minimum Gasteiger partial charge on any atom is -0.479 e. The van der Waals surface area contributed by atoms with E-state index in [2.05, 4.69) is 15.9 Å². The Labute approximate surface area is 121 Å². The van der Waals surface area contributed by atoms with Crippen molar-refractivity contribution >= 4 is 27.8 Å². The first-order valence-electron chi connectivity index (χ1n) is 6.14. The van der Waals surface area contributed by atoms with E-state index >= 15 is 0 Å². The second kappa shape index (κ2) is 6.70. The van der Waals surface area contributed by atoms with Crippen molar-refractivity contribution < 1.29 is 14.7 Å². The van der Waals surface area contributed by atoms with Gasteiger partial charge in [-0.05, 0) is 30.5 Å². The highest BCUT2D eigenvalue weighted by Crippen LogP contribution is 2.26. The number of carboxylic acid groups (broad SMARTS) is 1. The maximum atomic E-state index is 11.7. The van der Waals surface area contributed by atoms with Crippen molar-refractivity contribution in [3.63, 3.8) is 0 Å². The first-order chi connectivity index (χ1) is 8.88. The Hall–Kier alpha value is -1.36. The molecule has 1 rings (SSSR count). The van der Waals surface area contributed by atoms with Crippen LogP contribution < -0.4 is 0 Å². The third kappa shape index (κ3) is 3.80. The van der Waals surface area contributed by atoms with E-state index in [4.69, 9.17) is 0 Å². The van der Waals surface area contributed by atoms with Crippen molar-refractivity contribution in [2.45, 2.75) is 33.2 Å². The predicted octanol–water partition coefficient (Wildman–Crippen LogP) is 3.14. The van der Waals surface area contributed by atoms with Gasteiger partial charge in [0.15, 0.2) is 6.04 Å². The van der Waals surface area contributed by atoms with Crippen LogP contribution in [0.3, 0.4) is 0 Å². The van der Waals surface area contributed by atoms with E-state index in [-0.39, 0.29) is 5.91 Å². The van der Waals surface area contributed by atoms with Gasteiger partial charge in [0.2, 0.25) is 5.91 Å². The number of aryl methyl sites for hydroxylation is 1. The lowest BCUT2D eigenvalue weighted by Crippen LogP contribution is -2.38. The van der Waals surface area contributed by atoms with Crippen LogP contribution in [0.1, 0.15) is 37.4 Å². The Balaban J connectivity index is 3.21. The maximum absolute atomic E-state index is 11.7. The summed E-state index contributed by atoms with van der Waals surface area (Å²) >= 11 is 3.39. The quantitative estimate of drug-likeness (QED) is 0.903. The van der Waals surface area contributed by atoms with Gasteiger partial charge in [-0.1, -0.05) is 35.0 Å². The van der Waals surface area contributed by atoms with Gasteiger partial charge in [-0.15, -0.1) is 0 Å². The van der Waals surface area contributed by atoms with Gasteiger partial charge in [0, 0.05) is 17.9 Å². The topological polar surface area (TPSA) is 57.6 Å². The van der Waals surface area contributed by atoms with E-state index in [0.29, 0.717) is 12.1 Å². The van der Waals surface area contributed by atoms with E-state index in [9.17, 15) is 14.7 Å². The highest BCUT2D eigenvalue weighted by Gasteiger charge is 2.29. The number of nitrogens with zero attached hydrogens (tertiary/aromatic N) is 1. The largest absolute Gasteiger partial charge is 0.479 e. The molecule has 0 fully saturated rings. The van der Waals surface area contributed by atoms with Crippen LogP contribution in [0.5, 0.6) is 0 Å². The number of carboxylic acids is 1. The summed E-state index contributed by atoms with van der Waals surface area (Å²) in [6.45, 7) is 5.67. The first kappa shape index (κ1) is 15.7. The average Bonchev–Trinajstić information content (AvgIpc) is 2.32. The fraction of sp³-hybridized carbons (Fsp3) is 0.429. The van der Waals surface area contributed by atoms with Gasteiger partial charge < -0.3 is 10.0 Å². The zero-order valence-corrected chi connectivity index (χ0v) is 12.9. The molecule has 0 bridgehead atoms. The van der Waals surface area contributed by atoms with Crippen LogP contribution in [0.2, 0.25) is 0 Å². The molecule has 0 heterocycles. The lowest BCUT2D eigenvalue weighted by Gasteiger charge is -2.28. The molecule has 0 radical (unpaired) electrons. The van der Waals surface area contributed by atoms with Crippen molar-refractivity contribution in [1.29, 1.82) is 0 Å². The molecule has 0 saturated carbocycles. The standard InChI is InChI=1S/C14H18BrNO3/c1-4-7-16(10(3)17)13(14(18)19)11-6-5-9(2)12(15)8-11/h5-6,8,13H,4,7H2,1-3H3,(H,18,19). The Kier molecular flexibility index (Phi) is 5.54. The van der Waals surface area contributed by atoms with Crippen LogP contribution in [0.4, 0.5) is 0 Å². The van der Waals surface area contributed by atoms with Crippen LogP contribution in [-0.4, -0.2) is 28.4 Å². The molecule has 1 amide bonds. The maximum Gasteiger partial charge on any atom is 0.331 e. The Morgan fingerprint density at radius 1 is 1.42 bits per heavy atom. The number of amides is 1. The molecular weight excluding hydrogens is 310 g/mol. The molecule has 0 spiro atoms. The number of hydrogen-bond acceptors (Lipinski definition) is 2. The van der Waals surface area contributed by atoms with E-state index in [1.165, 1.54) is 11.8 Å². The summed E-state index contributed by atoms with van der Waals surface area (Å²) in [6.07, 6.45) is 0.719. The molecule has 5 heteroatoms. The van der Waals surface area contributed by atoms with Gasteiger partial charge in [-0.3, -0.25) is 4.79 Å². The van der Waals surface area contributed by atoms with E-state index < -0.39 is 12.0 Å². The number of halogens is 1. The molecule has 0 aliphatic heterocycles. The second-order valence-corrected chi connectivity index (χ2v) is 5.32. The zero-order valence-electron chi connectivity index (χ0n) is 11.3. The molecule has 0 aromatic heterocycles. The number of rotatable bonds is 5. The molecule has 0 saturated heterocycles. The van der Waals surface area contributed by atoms with Gasteiger partial charge in [0.25, 0.3) is 0 Å². The summed E-state index contributed by atoms with van der Waals surface area (Å²) in [6, 6.07) is 4.43. The molecule has 0 aliphatic rings. The number of aliphatic carboxylic acids is 1. The molecule has 104 valence electrons. The summed E-state index contributed by atoms with van der Waals surface area (Å²) in [5.74, 6) is -1.25. The molecule has 1 unspecified atom stereocenters. The summed E-state index contributed by atoms with van der Waals surface area (Å²) < 4.78 is 0.844. The summed E-state index contributed by atoms with van der Waals surface area (Å²) in [5.41, 5.74) is 1.63. The number of benzene rings is 1. The minimum absolute atomic E-state index is 0.231. The third-order valence-corrected chi connectivity index (χ3v) is 3.78. The number of carbonyl (C=O) groups is 2. The van der Waals surface area contributed by atoms with Gasteiger partial charge in [0.05, 0.1) is 0 Å². The highest BCUT2D eigenvalue weighted by molar-refractivity contribution is 9.10. The van der Waals surface area contributed by atoms with Crippen molar-refractivity contribution in [2.75, 3.05) is 6.54 Å². The van der Waals surface area contributed by atoms with Gasteiger partial charge in [-0.2, -0.15) is 0 Å². The highest BCUT2D eigenvalue weighted by atomic mass is 79.9. The Morgan fingerprint density at radius 3 is 2.47 bits per heavy atom. The smallest absolute Gasteiger partial charge is 0.331 e. The fourth-order valence-electron chi connectivity index (χ4n) is 1.94. The number of carbonyl (C=O) groups excluding carboxylic acids is 1. The summed E-state index contributed by atoms with van der Waals surface area (Å²) in [4.78, 5) is 24.6. The third-order valence-electron chi connectivity index (χ3n) is 2.93. The fourth-order valence-corrected chi connectivity index (χ4v) is 2.34. The molecule has 1 aromatic carbocycles. The molecule has 0 aliphatic carbocycles. The molecule has 1 aromatic rings. The SMILES string of the molecule is CCCN(C(C)=O)C(C(=O)O)c1ccc(C)c(Br)c1. The number of hydrogen-bond donors (Lipinski definition) is 1. The van der Waals surface area contributed by atoms with E-state index in [1.807, 2.05) is 19.9 Å². The summed E-state index contributed by atoms with van der Waals surface area (Å²) in [5, 5.41) is 9.42. The average molecular weight is 328 g/mol. The van der Waals surface area contributed by atoms with Crippen LogP contribution in [0.25, 0.3) is 0 Å². The zero-order chi connectivity index (χ0) is 14.6. The Bertz CT molecular complexity index is 488. The van der Waals surface area contributed by atoms with E-state index in [1.54, 1.807) is 12.1 Å². The van der Waals surface area contributed by atoms with Crippen LogP contribution in [0, 0.1) is 6.92 Å². The molecule has 1 atom stereocenters. The minimum atomic E-state index is -1.01. The summed E-state index contributed by atoms with van der Waals surface area (Å²) in [7, 11) is 0. The van der Waals surface area contributed by atoms with Crippen molar-refractivity contribution in [3.8, 4) is 0 Å². The molecule has 1 N–H and O–H groups in total. The molecular formula is C14H18BrNO3. The normalized spacial score (nSPS) is 12.0. The Morgan fingerprint density at radius 2 is 2.05 bits per heavy atom. The molecule has 19 heavy (non-hydrogen) atoms. The van der Waals surface area contributed by atoms with Gasteiger partial charge >= 0.3 is 5.97 Å². The molecule has 4 nitrogen and oxygen atoms in total. The van der Waals surface area contributed by atoms with Crippen LogP contribution in [-0.2, 0) is 9.59 Å². The van der Waals surface area contributed by atoms with Crippen LogP contribution >= 0.6 is 15.9 Å². The predicted molar refractivity (Wildman–Crippen MR) is 76.9 cm³/mol.